The third kappa shape index (κ3) is 3.95. The Morgan fingerprint density at radius 3 is 2.67 bits per heavy atom. The van der Waals surface area contributed by atoms with Crippen LogP contribution in [-0.4, -0.2) is 17.2 Å². The zero-order valence-corrected chi connectivity index (χ0v) is 8.43. The van der Waals surface area contributed by atoms with Gasteiger partial charge in [0.05, 0.1) is 6.61 Å². The van der Waals surface area contributed by atoms with Gasteiger partial charge in [-0.1, -0.05) is 36.4 Å². The van der Waals surface area contributed by atoms with Crippen molar-refractivity contribution in [2.24, 2.45) is 0 Å². The Balaban J connectivity index is 2.47. The predicted octanol–water partition coefficient (Wildman–Crippen LogP) is 2.23. The molecule has 80 valence electrons. The zero-order chi connectivity index (χ0) is 11.1. The molecule has 1 rings (SSSR count). The molecule has 0 spiro atoms. The fourth-order valence-electron chi connectivity index (χ4n) is 1.16. The standard InChI is InChI=1S/C12H14O3/c1-2-6-11(12(13)14)15-9-10-7-4-3-5-8-10/h2-5,7-8,11H,1,6,9H2,(H,13,14)/t11-/m0/s1. The highest BCUT2D eigenvalue weighted by Gasteiger charge is 2.15. The highest BCUT2D eigenvalue weighted by molar-refractivity contribution is 5.72. The topological polar surface area (TPSA) is 46.5 Å². The summed E-state index contributed by atoms with van der Waals surface area (Å²) in [6.45, 7) is 3.81. The number of hydrogen-bond donors (Lipinski definition) is 1. The van der Waals surface area contributed by atoms with E-state index in [1.807, 2.05) is 30.3 Å². The van der Waals surface area contributed by atoms with Crippen LogP contribution in [0.1, 0.15) is 12.0 Å². The van der Waals surface area contributed by atoms with Crippen LogP contribution in [0.4, 0.5) is 0 Å². The fourth-order valence-corrected chi connectivity index (χ4v) is 1.16. The molecule has 15 heavy (non-hydrogen) atoms. The second kappa shape index (κ2) is 5.98. The van der Waals surface area contributed by atoms with E-state index in [2.05, 4.69) is 6.58 Å². The van der Waals surface area contributed by atoms with Gasteiger partial charge in [-0.25, -0.2) is 4.79 Å². The summed E-state index contributed by atoms with van der Waals surface area (Å²) in [5.74, 6) is -0.953. The van der Waals surface area contributed by atoms with E-state index in [1.54, 1.807) is 6.08 Å². The molecule has 1 aromatic rings. The molecule has 0 saturated carbocycles. The highest BCUT2D eigenvalue weighted by Crippen LogP contribution is 2.06. The molecule has 3 heteroatoms. The van der Waals surface area contributed by atoms with Crippen molar-refractivity contribution in [2.45, 2.75) is 19.1 Å². The summed E-state index contributed by atoms with van der Waals surface area (Å²) in [5.41, 5.74) is 0.966. The van der Waals surface area contributed by atoms with Gasteiger partial charge in [-0.3, -0.25) is 0 Å². The van der Waals surface area contributed by atoms with E-state index in [1.165, 1.54) is 0 Å². The lowest BCUT2D eigenvalue weighted by atomic mass is 10.2. The van der Waals surface area contributed by atoms with E-state index < -0.39 is 12.1 Å². The molecule has 0 radical (unpaired) electrons. The number of ether oxygens (including phenoxy) is 1. The lowest BCUT2D eigenvalue weighted by Gasteiger charge is -2.11. The molecule has 0 amide bonds. The molecule has 3 nitrogen and oxygen atoms in total. The number of aliphatic carboxylic acids is 1. The van der Waals surface area contributed by atoms with Gasteiger partial charge in [0.15, 0.2) is 6.10 Å². The Bertz CT molecular complexity index is 319. The second-order valence-corrected chi connectivity index (χ2v) is 3.15. The van der Waals surface area contributed by atoms with E-state index in [0.717, 1.165) is 5.56 Å². The summed E-state index contributed by atoms with van der Waals surface area (Å²) in [6.07, 6.45) is 1.06. The first-order valence-electron chi connectivity index (χ1n) is 4.73. The molecule has 0 aliphatic heterocycles. The Labute approximate surface area is 89.0 Å². The van der Waals surface area contributed by atoms with Crippen molar-refractivity contribution < 1.29 is 14.6 Å². The van der Waals surface area contributed by atoms with Gasteiger partial charge in [0.1, 0.15) is 0 Å². The van der Waals surface area contributed by atoms with E-state index in [-0.39, 0.29) is 0 Å². The predicted molar refractivity (Wildman–Crippen MR) is 57.5 cm³/mol. The monoisotopic (exact) mass is 206 g/mol. The Morgan fingerprint density at radius 2 is 2.13 bits per heavy atom. The highest BCUT2D eigenvalue weighted by atomic mass is 16.5. The minimum Gasteiger partial charge on any atom is -0.479 e. The molecule has 1 atom stereocenters. The van der Waals surface area contributed by atoms with E-state index in [0.29, 0.717) is 13.0 Å². The van der Waals surface area contributed by atoms with Gasteiger partial charge in [0.25, 0.3) is 0 Å². The van der Waals surface area contributed by atoms with Crippen LogP contribution in [0, 0.1) is 0 Å². The largest absolute Gasteiger partial charge is 0.479 e. The van der Waals surface area contributed by atoms with Crippen LogP contribution in [0.5, 0.6) is 0 Å². The van der Waals surface area contributed by atoms with E-state index in [9.17, 15) is 4.79 Å². The quantitative estimate of drug-likeness (QED) is 0.726. The summed E-state index contributed by atoms with van der Waals surface area (Å²) >= 11 is 0. The van der Waals surface area contributed by atoms with Crippen LogP contribution in [0.25, 0.3) is 0 Å². The fraction of sp³-hybridized carbons (Fsp3) is 0.250. The van der Waals surface area contributed by atoms with E-state index >= 15 is 0 Å². The number of carboxylic acids is 1. The molecule has 1 aromatic carbocycles. The third-order valence-electron chi connectivity index (χ3n) is 1.95. The molecule has 0 aromatic heterocycles. The molecule has 0 bridgehead atoms. The summed E-state index contributed by atoms with van der Waals surface area (Å²) < 4.78 is 5.26. The minimum absolute atomic E-state index is 0.311. The Morgan fingerprint density at radius 1 is 1.47 bits per heavy atom. The van der Waals surface area contributed by atoms with Gasteiger partial charge in [-0.2, -0.15) is 0 Å². The van der Waals surface area contributed by atoms with Gasteiger partial charge in [-0.15, -0.1) is 6.58 Å². The molecule has 0 unspecified atom stereocenters. The number of carbonyl (C=O) groups is 1. The lowest BCUT2D eigenvalue weighted by molar-refractivity contribution is -0.150. The maximum atomic E-state index is 10.7. The SMILES string of the molecule is C=CC[C@H](OCc1ccccc1)C(=O)O. The van der Waals surface area contributed by atoms with Crippen LogP contribution < -0.4 is 0 Å². The number of benzene rings is 1. The van der Waals surface area contributed by atoms with Gasteiger partial charge < -0.3 is 9.84 Å². The average Bonchev–Trinajstić information content (AvgIpc) is 2.25. The first-order valence-corrected chi connectivity index (χ1v) is 4.73. The van der Waals surface area contributed by atoms with Crippen molar-refractivity contribution in [1.82, 2.24) is 0 Å². The first-order chi connectivity index (χ1) is 7.24. The van der Waals surface area contributed by atoms with Crippen molar-refractivity contribution in [1.29, 1.82) is 0 Å². The first kappa shape index (κ1) is 11.5. The normalized spacial score (nSPS) is 12.0. The van der Waals surface area contributed by atoms with Crippen LogP contribution in [-0.2, 0) is 16.1 Å². The molecule has 0 aliphatic rings. The number of carboxylic acid groups (broad SMARTS) is 1. The average molecular weight is 206 g/mol. The Kier molecular flexibility index (Phi) is 4.57. The van der Waals surface area contributed by atoms with Crippen LogP contribution in [0.3, 0.4) is 0 Å². The maximum absolute atomic E-state index is 10.7. The van der Waals surface area contributed by atoms with Crippen LogP contribution >= 0.6 is 0 Å². The van der Waals surface area contributed by atoms with Crippen molar-refractivity contribution in [3.63, 3.8) is 0 Å². The van der Waals surface area contributed by atoms with Crippen molar-refractivity contribution >= 4 is 5.97 Å². The lowest BCUT2D eigenvalue weighted by Crippen LogP contribution is -2.22. The zero-order valence-electron chi connectivity index (χ0n) is 8.43. The Hall–Kier alpha value is -1.61. The van der Waals surface area contributed by atoms with Crippen molar-refractivity contribution in [3.8, 4) is 0 Å². The third-order valence-corrected chi connectivity index (χ3v) is 1.95. The molecule has 0 fully saturated rings. The van der Waals surface area contributed by atoms with Crippen molar-refractivity contribution in [2.75, 3.05) is 0 Å². The molecule has 0 saturated heterocycles. The van der Waals surface area contributed by atoms with Crippen molar-refractivity contribution in [3.05, 3.63) is 48.6 Å². The van der Waals surface area contributed by atoms with Gasteiger partial charge in [0, 0.05) is 6.42 Å². The molecule has 0 aliphatic carbocycles. The van der Waals surface area contributed by atoms with Crippen LogP contribution in [0.2, 0.25) is 0 Å². The summed E-state index contributed by atoms with van der Waals surface area (Å²) in [7, 11) is 0. The maximum Gasteiger partial charge on any atom is 0.333 e. The van der Waals surface area contributed by atoms with Gasteiger partial charge >= 0.3 is 5.97 Å². The molecule has 1 N–H and O–H groups in total. The van der Waals surface area contributed by atoms with Gasteiger partial charge in [0.2, 0.25) is 0 Å². The molecular formula is C12H14O3. The number of hydrogen-bond acceptors (Lipinski definition) is 2. The number of rotatable bonds is 6. The molecule has 0 heterocycles. The second-order valence-electron chi connectivity index (χ2n) is 3.15. The summed E-state index contributed by atoms with van der Waals surface area (Å²) in [4.78, 5) is 10.7. The van der Waals surface area contributed by atoms with Crippen LogP contribution in [0.15, 0.2) is 43.0 Å². The summed E-state index contributed by atoms with van der Waals surface area (Å²) in [6, 6.07) is 9.48. The smallest absolute Gasteiger partial charge is 0.333 e. The van der Waals surface area contributed by atoms with Gasteiger partial charge in [-0.05, 0) is 5.56 Å². The minimum atomic E-state index is -0.953. The molecular weight excluding hydrogens is 192 g/mol. The van der Waals surface area contributed by atoms with E-state index in [4.69, 9.17) is 9.84 Å². The summed E-state index contributed by atoms with van der Waals surface area (Å²) in [5, 5.41) is 8.81.